The van der Waals surface area contributed by atoms with Gasteiger partial charge >= 0.3 is 0 Å². The molecular weight excluding hydrogens is 390 g/mol. The van der Waals surface area contributed by atoms with E-state index in [2.05, 4.69) is 32.2 Å². The van der Waals surface area contributed by atoms with Crippen LogP contribution in [0, 0.1) is 0 Å². The Hall–Kier alpha value is -1.56. The lowest BCUT2D eigenvalue weighted by atomic mass is 10.2. The van der Waals surface area contributed by atoms with E-state index in [0.29, 0.717) is 6.54 Å². The second-order valence-corrected chi connectivity index (χ2v) is 7.30. The summed E-state index contributed by atoms with van der Waals surface area (Å²) in [6.07, 6.45) is 0. The molecule has 126 valence electrons. The van der Waals surface area contributed by atoms with Gasteiger partial charge in [0.1, 0.15) is 0 Å². The van der Waals surface area contributed by atoms with Crippen molar-refractivity contribution in [3.63, 3.8) is 0 Å². The van der Waals surface area contributed by atoms with Gasteiger partial charge in [-0.3, -0.25) is 4.79 Å². The number of carbonyl (C=O) groups is 1. The molecule has 2 N–H and O–H groups in total. The van der Waals surface area contributed by atoms with Crippen LogP contribution >= 0.6 is 27.5 Å². The fourth-order valence-electron chi connectivity index (χ4n) is 2.90. The smallest absolute Gasteiger partial charge is 0.279 e. The summed E-state index contributed by atoms with van der Waals surface area (Å²) in [4.78, 5) is 15.8. The van der Waals surface area contributed by atoms with E-state index < -0.39 is 0 Å². The zero-order valence-corrected chi connectivity index (χ0v) is 15.6. The van der Waals surface area contributed by atoms with Crippen LogP contribution in [0.4, 0.5) is 11.4 Å². The predicted octanol–water partition coefficient (Wildman–Crippen LogP) is 2.45. The summed E-state index contributed by atoms with van der Waals surface area (Å²) in [6, 6.07) is 15.6. The highest BCUT2D eigenvalue weighted by Gasteiger charge is 2.22. The molecule has 0 unspecified atom stereocenters. The van der Waals surface area contributed by atoms with Crippen LogP contribution in [-0.2, 0) is 4.79 Å². The Morgan fingerprint density at radius 3 is 2.54 bits per heavy atom. The van der Waals surface area contributed by atoms with Gasteiger partial charge in [0, 0.05) is 20.9 Å². The van der Waals surface area contributed by atoms with Gasteiger partial charge in [0.25, 0.3) is 5.91 Å². The van der Waals surface area contributed by atoms with Gasteiger partial charge in [-0.25, -0.2) is 0 Å². The first kappa shape index (κ1) is 17.3. The molecule has 0 atom stereocenters. The van der Waals surface area contributed by atoms with E-state index in [4.69, 9.17) is 11.6 Å². The van der Waals surface area contributed by atoms with Crippen molar-refractivity contribution in [2.75, 3.05) is 42.9 Å². The van der Waals surface area contributed by atoms with Crippen molar-refractivity contribution in [2.45, 2.75) is 0 Å². The van der Waals surface area contributed by atoms with Crippen LogP contribution in [-0.4, -0.2) is 38.6 Å². The second kappa shape index (κ2) is 8.01. The first-order valence-corrected chi connectivity index (χ1v) is 9.17. The van der Waals surface area contributed by atoms with Crippen LogP contribution in [0.2, 0.25) is 5.02 Å². The third-order valence-electron chi connectivity index (χ3n) is 4.18. The van der Waals surface area contributed by atoms with Gasteiger partial charge in [-0.2, -0.15) is 0 Å². The average molecular weight is 410 g/mol. The quantitative estimate of drug-likeness (QED) is 0.814. The molecule has 0 spiro atoms. The molecular formula is C18H20BrClN3O+. The van der Waals surface area contributed by atoms with Gasteiger partial charge in [0.05, 0.1) is 26.2 Å². The van der Waals surface area contributed by atoms with Gasteiger partial charge in [-0.15, -0.1) is 0 Å². The maximum absolute atomic E-state index is 12.2. The van der Waals surface area contributed by atoms with Gasteiger partial charge in [0.15, 0.2) is 6.54 Å². The van der Waals surface area contributed by atoms with E-state index >= 15 is 0 Å². The van der Waals surface area contributed by atoms with Crippen molar-refractivity contribution >= 4 is 44.8 Å². The van der Waals surface area contributed by atoms with E-state index in [-0.39, 0.29) is 5.91 Å². The van der Waals surface area contributed by atoms with Crippen LogP contribution in [0.5, 0.6) is 0 Å². The van der Waals surface area contributed by atoms with Crippen molar-refractivity contribution in [1.29, 1.82) is 0 Å². The predicted molar refractivity (Wildman–Crippen MR) is 102 cm³/mol. The van der Waals surface area contributed by atoms with Crippen LogP contribution in [0.15, 0.2) is 53.0 Å². The fraction of sp³-hybridized carbons (Fsp3) is 0.278. The van der Waals surface area contributed by atoms with Gasteiger partial charge < -0.3 is 15.1 Å². The Morgan fingerprint density at radius 2 is 1.88 bits per heavy atom. The maximum Gasteiger partial charge on any atom is 0.279 e. The third-order valence-corrected chi connectivity index (χ3v) is 4.95. The first-order chi connectivity index (χ1) is 11.6. The Labute approximate surface area is 155 Å². The van der Waals surface area contributed by atoms with Gasteiger partial charge in [0.2, 0.25) is 0 Å². The zero-order valence-electron chi connectivity index (χ0n) is 13.3. The molecule has 2 aromatic rings. The molecule has 0 aliphatic carbocycles. The second-order valence-electron chi connectivity index (χ2n) is 5.95. The average Bonchev–Trinajstić information content (AvgIpc) is 2.58. The minimum absolute atomic E-state index is 0.0588. The van der Waals surface area contributed by atoms with Crippen molar-refractivity contribution in [3.8, 4) is 0 Å². The number of amides is 1. The number of piperazine rings is 1. The number of anilines is 2. The molecule has 6 heteroatoms. The Balaban J connectivity index is 1.48. The molecule has 2 aromatic carbocycles. The Kier molecular flexibility index (Phi) is 5.76. The van der Waals surface area contributed by atoms with E-state index in [9.17, 15) is 4.79 Å². The molecule has 0 radical (unpaired) electrons. The normalized spacial score (nSPS) is 15.3. The largest absolute Gasteiger partial charge is 0.360 e. The van der Waals surface area contributed by atoms with E-state index in [0.717, 1.165) is 47.0 Å². The molecule has 0 bridgehead atoms. The van der Waals surface area contributed by atoms with Crippen molar-refractivity contribution in [2.24, 2.45) is 0 Å². The molecule has 0 saturated carbocycles. The minimum Gasteiger partial charge on any atom is -0.360 e. The SMILES string of the molecule is O=C(C[NH+]1CCN(c2cccc(Cl)c2)CC1)Nc1ccc(Br)cc1. The van der Waals surface area contributed by atoms with E-state index in [1.807, 2.05) is 42.5 Å². The molecule has 4 nitrogen and oxygen atoms in total. The number of hydrogen-bond acceptors (Lipinski definition) is 2. The number of hydrogen-bond donors (Lipinski definition) is 2. The molecule has 1 amide bonds. The molecule has 1 aliphatic rings. The summed E-state index contributed by atoms with van der Waals surface area (Å²) in [5.74, 6) is 0.0588. The van der Waals surface area contributed by atoms with Gasteiger partial charge in [-0.05, 0) is 42.5 Å². The van der Waals surface area contributed by atoms with Crippen molar-refractivity contribution < 1.29 is 9.69 Å². The molecule has 1 heterocycles. The lowest BCUT2D eigenvalue weighted by molar-refractivity contribution is -0.892. The highest BCUT2D eigenvalue weighted by molar-refractivity contribution is 9.10. The minimum atomic E-state index is 0.0588. The summed E-state index contributed by atoms with van der Waals surface area (Å²) in [6.45, 7) is 4.25. The van der Waals surface area contributed by atoms with Crippen LogP contribution < -0.4 is 15.1 Å². The van der Waals surface area contributed by atoms with Crippen LogP contribution in [0.1, 0.15) is 0 Å². The summed E-state index contributed by atoms with van der Waals surface area (Å²) >= 11 is 9.45. The Morgan fingerprint density at radius 1 is 1.17 bits per heavy atom. The van der Waals surface area contributed by atoms with Crippen LogP contribution in [0.25, 0.3) is 0 Å². The number of nitrogens with zero attached hydrogens (tertiary/aromatic N) is 1. The molecule has 1 aliphatic heterocycles. The molecule has 3 rings (SSSR count). The monoisotopic (exact) mass is 408 g/mol. The van der Waals surface area contributed by atoms with Crippen molar-refractivity contribution in [1.82, 2.24) is 0 Å². The number of quaternary nitrogens is 1. The highest BCUT2D eigenvalue weighted by atomic mass is 79.9. The highest BCUT2D eigenvalue weighted by Crippen LogP contribution is 2.19. The van der Waals surface area contributed by atoms with E-state index in [1.165, 1.54) is 4.90 Å². The number of carbonyl (C=O) groups excluding carboxylic acids is 1. The summed E-state index contributed by atoms with van der Waals surface area (Å²) < 4.78 is 1.00. The topological polar surface area (TPSA) is 36.8 Å². The number of nitrogens with one attached hydrogen (secondary N) is 2. The summed E-state index contributed by atoms with van der Waals surface area (Å²) in [7, 11) is 0. The van der Waals surface area contributed by atoms with Crippen molar-refractivity contribution in [3.05, 3.63) is 58.0 Å². The van der Waals surface area contributed by atoms with Crippen LogP contribution in [0.3, 0.4) is 0 Å². The lowest BCUT2D eigenvalue weighted by Crippen LogP contribution is -3.15. The molecule has 0 aromatic heterocycles. The zero-order chi connectivity index (χ0) is 16.9. The molecule has 24 heavy (non-hydrogen) atoms. The summed E-state index contributed by atoms with van der Waals surface area (Å²) in [5, 5.41) is 3.72. The Bertz CT molecular complexity index is 700. The van der Waals surface area contributed by atoms with E-state index in [1.54, 1.807) is 0 Å². The molecule has 1 saturated heterocycles. The first-order valence-electron chi connectivity index (χ1n) is 8.00. The standard InChI is InChI=1S/C18H19BrClN3O/c19-14-4-6-16(7-5-14)21-18(24)13-22-8-10-23(11-9-22)17-3-1-2-15(20)12-17/h1-7,12H,8-11,13H2,(H,21,24)/p+1. The summed E-state index contributed by atoms with van der Waals surface area (Å²) in [5.41, 5.74) is 1.99. The molecule has 1 fully saturated rings. The third kappa shape index (κ3) is 4.72. The lowest BCUT2D eigenvalue weighted by Gasteiger charge is -2.33. The fourth-order valence-corrected chi connectivity index (χ4v) is 3.35. The number of rotatable bonds is 4. The maximum atomic E-state index is 12.2. The number of benzene rings is 2. The number of halogens is 2. The van der Waals surface area contributed by atoms with Gasteiger partial charge in [-0.1, -0.05) is 33.6 Å².